The minimum Gasteiger partial charge on any atom is -0.477 e. The zero-order valence-electron chi connectivity index (χ0n) is 17.1. The number of benzene rings is 1. The van der Waals surface area contributed by atoms with Crippen molar-refractivity contribution >= 4 is 21.4 Å². The molecule has 11 heteroatoms. The summed E-state index contributed by atoms with van der Waals surface area (Å²) in [7, 11) is -1.42. The average Bonchev–Trinajstić information content (AvgIpc) is 3.19. The Balaban J connectivity index is 1.67. The van der Waals surface area contributed by atoms with Gasteiger partial charge in [0, 0.05) is 30.9 Å². The van der Waals surface area contributed by atoms with E-state index in [1.807, 2.05) is 13.8 Å². The molecule has 162 valence electrons. The monoisotopic (exact) mass is 436 g/mol. The number of amides is 1. The van der Waals surface area contributed by atoms with Gasteiger partial charge in [-0.15, -0.1) is 0 Å². The minimum absolute atomic E-state index is 0.0341. The van der Waals surface area contributed by atoms with Crippen molar-refractivity contribution in [3.63, 3.8) is 0 Å². The molecule has 1 aliphatic rings. The number of rotatable bonds is 7. The number of nitro benzene ring substituents is 1. The Morgan fingerprint density at radius 3 is 2.70 bits per heavy atom. The Morgan fingerprint density at radius 1 is 1.37 bits per heavy atom. The molecule has 0 bridgehead atoms. The normalized spacial score (nSPS) is 17.6. The van der Waals surface area contributed by atoms with Crippen LogP contribution in [0.25, 0.3) is 0 Å². The van der Waals surface area contributed by atoms with Crippen LogP contribution in [0.4, 0.5) is 5.69 Å². The van der Waals surface area contributed by atoms with Crippen LogP contribution in [0.15, 0.2) is 24.3 Å². The van der Waals surface area contributed by atoms with Crippen molar-refractivity contribution in [3.05, 3.63) is 51.3 Å². The summed E-state index contributed by atoms with van der Waals surface area (Å²) in [6, 6.07) is 5.69. The first-order valence-corrected chi connectivity index (χ1v) is 11.3. The lowest BCUT2D eigenvalue weighted by Crippen LogP contribution is -2.31. The summed E-state index contributed by atoms with van der Waals surface area (Å²) in [6.07, 6.45) is 0.530. The maximum Gasteiger partial charge on any atom is 0.310 e. The fourth-order valence-electron chi connectivity index (χ4n) is 3.55. The van der Waals surface area contributed by atoms with Crippen molar-refractivity contribution in [1.29, 1.82) is 0 Å². The number of carbonyl (C=O) groups excluding carboxylic acids is 1. The van der Waals surface area contributed by atoms with Gasteiger partial charge in [0.25, 0.3) is 5.91 Å². The van der Waals surface area contributed by atoms with Gasteiger partial charge in [0.15, 0.2) is 22.2 Å². The summed E-state index contributed by atoms with van der Waals surface area (Å²) in [6.45, 7) is 3.62. The third-order valence-corrected chi connectivity index (χ3v) is 7.01. The Morgan fingerprint density at radius 2 is 2.07 bits per heavy atom. The summed E-state index contributed by atoms with van der Waals surface area (Å²) in [5.74, 6) is -0.0745. The maximum atomic E-state index is 12.5. The van der Waals surface area contributed by atoms with E-state index in [9.17, 15) is 23.3 Å². The Bertz CT molecular complexity index is 1080. The molecule has 1 aromatic carbocycles. The standard InChI is InChI=1S/C19H24N4O6S/c1-13-16(14(2)22(20-13)15-8-9-30(27,28)12-15)10-21(3)19(24)11-29-18-7-5-4-6-17(18)23(25)26/h4-7,15H,8-12H2,1-3H3/t15-/m0/s1. The molecule has 0 saturated carbocycles. The van der Waals surface area contributed by atoms with Crippen LogP contribution in [-0.4, -0.2) is 59.1 Å². The highest BCUT2D eigenvalue weighted by molar-refractivity contribution is 7.91. The highest BCUT2D eigenvalue weighted by Gasteiger charge is 2.31. The Kier molecular flexibility index (Phi) is 6.11. The highest BCUT2D eigenvalue weighted by Crippen LogP contribution is 2.28. The second-order valence-corrected chi connectivity index (χ2v) is 9.64. The summed E-state index contributed by atoms with van der Waals surface area (Å²) in [4.78, 5) is 24.4. The number of likely N-dealkylation sites (N-methyl/N-ethyl adjacent to an activating group) is 1. The molecule has 1 amide bonds. The molecule has 0 radical (unpaired) electrons. The quantitative estimate of drug-likeness (QED) is 0.479. The number of nitro groups is 1. The number of sulfone groups is 1. The average molecular weight is 436 g/mol. The lowest BCUT2D eigenvalue weighted by molar-refractivity contribution is -0.385. The number of aromatic nitrogens is 2. The molecule has 1 atom stereocenters. The molecule has 30 heavy (non-hydrogen) atoms. The summed E-state index contributed by atoms with van der Waals surface area (Å²) >= 11 is 0. The van der Waals surface area contributed by atoms with Crippen LogP contribution in [0.1, 0.15) is 29.4 Å². The zero-order chi connectivity index (χ0) is 22.1. The molecule has 2 aromatic rings. The number of hydrogen-bond acceptors (Lipinski definition) is 7. The highest BCUT2D eigenvalue weighted by atomic mass is 32.2. The molecule has 10 nitrogen and oxygen atoms in total. The maximum absolute atomic E-state index is 12.5. The van der Waals surface area contributed by atoms with E-state index in [-0.39, 0.29) is 48.0 Å². The smallest absolute Gasteiger partial charge is 0.310 e. The SMILES string of the molecule is Cc1nn([C@H]2CCS(=O)(=O)C2)c(C)c1CN(C)C(=O)COc1ccccc1[N+](=O)[O-]. The van der Waals surface area contributed by atoms with Crippen molar-refractivity contribution in [2.24, 2.45) is 0 Å². The summed E-state index contributed by atoms with van der Waals surface area (Å²) < 4.78 is 30.7. The summed E-state index contributed by atoms with van der Waals surface area (Å²) in [5, 5.41) is 15.6. The van der Waals surface area contributed by atoms with Gasteiger partial charge in [-0.25, -0.2) is 8.42 Å². The van der Waals surface area contributed by atoms with E-state index in [0.29, 0.717) is 6.42 Å². The van der Waals surface area contributed by atoms with Crippen molar-refractivity contribution in [2.75, 3.05) is 25.2 Å². The first kappa shape index (κ1) is 21.8. The van der Waals surface area contributed by atoms with Gasteiger partial charge in [-0.2, -0.15) is 5.10 Å². The first-order valence-electron chi connectivity index (χ1n) is 9.44. The van der Waals surface area contributed by atoms with Gasteiger partial charge < -0.3 is 9.64 Å². The predicted molar refractivity (Wildman–Crippen MR) is 109 cm³/mol. The third kappa shape index (κ3) is 4.61. The van der Waals surface area contributed by atoms with E-state index >= 15 is 0 Å². The molecule has 0 unspecified atom stereocenters. The van der Waals surface area contributed by atoms with Gasteiger partial charge in [0.1, 0.15) is 0 Å². The van der Waals surface area contributed by atoms with Crippen molar-refractivity contribution < 1.29 is 22.9 Å². The second-order valence-electron chi connectivity index (χ2n) is 7.41. The molecule has 2 heterocycles. The molecule has 1 aliphatic heterocycles. The van der Waals surface area contributed by atoms with Gasteiger partial charge >= 0.3 is 5.69 Å². The number of aryl methyl sites for hydroxylation is 1. The van der Waals surface area contributed by atoms with Crippen LogP contribution in [0.3, 0.4) is 0 Å². The molecule has 1 saturated heterocycles. The van der Waals surface area contributed by atoms with Gasteiger partial charge in [-0.3, -0.25) is 19.6 Å². The van der Waals surface area contributed by atoms with Crippen LogP contribution >= 0.6 is 0 Å². The van der Waals surface area contributed by atoms with Crippen LogP contribution in [0.5, 0.6) is 5.75 Å². The second kappa shape index (κ2) is 8.42. The van der Waals surface area contributed by atoms with Crippen molar-refractivity contribution in [2.45, 2.75) is 32.9 Å². The first-order chi connectivity index (χ1) is 14.1. The number of nitrogens with zero attached hydrogens (tertiary/aromatic N) is 4. The van der Waals surface area contributed by atoms with E-state index in [4.69, 9.17) is 4.74 Å². The largest absolute Gasteiger partial charge is 0.477 e. The van der Waals surface area contributed by atoms with Gasteiger partial charge in [-0.05, 0) is 26.3 Å². The fraction of sp³-hybridized carbons (Fsp3) is 0.474. The number of ether oxygens (including phenoxy) is 1. The fourth-order valence-corrected chi connectivity index (χ4v) is 5.25. The van der Waals surface area contributed by atoms with Gasteiger partial charge in [0.05, 0.1) is 28.2 Å². The summed E-state index contributed by atoms with van der Waals surface area (Å²) in [5.41, 5.74) is 2.21. The third-order valence-electron chi connectivity index (χ3n) is 5.26. The lowest BCUT2D eigenvalue weighted by Gasteiger charge is -2.18. The van der Waals surface area contributed by atoms with Crippen LogP contribution in [-0.2, 0) is 21.2 Å². The van der Waals surface area contributed by atoms with E-state index in [1.165, 1.54) is 23.1 Å². The van der Waals surface area contributed by atoms with E-state index in [1.54, 1.807) is 17.8 Å². The molecular formula is C19H24N4O6S. The van der Waals surface area contributed by atoms with Crippen molar-refractivity contribution in [3.8, 4) is 5.75 Å². The predicted octanol–water partition coefficient (Wildman–Crippen LogP) is 1.81. The van der Waals surface area contributed by atoms with E-state index in [0.717, 1.165) is 17.0 Å². The topological polar surface area (TPSA) is 125 Å². The molecular weight excluding hydrogens is 412 g/mol. The minimum atomic E-state index is -3.03. The van der Waals surface area contributed by atoms with Crippen molar-refractivity contribution in [1.82, 2.24) is 14.7 Å². The molecule has 1 fully saturated rings. The van der Waals surface area contributed by atoms with E-state index in [2.05, 4.69) is 5.10 Å². The molecule has 1 aromatic heterocycles. The van der Waals surface area contributed by atoms with Gasteiger partial charge in [0.2, 0.25) is 0 Å². The zero-order valence-corrected chi connectivity index (χ0v) is 17.9. The Hall–Kier alpha value is -2.95. The molecule has 3 rings (SSSR count). The Labute approximate surface area is 174 Å². The number of carbonyl (C=O) groups is 1. The lowest BCUT2D eigenvalue weighted by atomic mass is 10.1. The molecule has 0 aliphatic carbocycles. The van der Waals surface area contributed by atoms with Crippen LogP contribution in [0.2, 0.25) is 0 Å². The van der Waals surface area contributed by atoms with Crippen LogP contribution < -0.4 is 4.74 Å². The number of hydrogen-bond donors (Lipinski definition) is 0. The van der Waals surface area contributed by atoms with E-state index < -0.39 is 14.8 Å². The van der Waals surface area contributed by atoms with Gasteiger partial charge in [-0.1, -0.05) is 12.1 Å². The molecule has 0 N–H and O–H groups in total. The molecule has 0 spiro atoms. The number of para-hydroxylation sites is 2. The van der Waals surface area contributed by atoms with Crippen LogP contribution in [0, 0.1) is 24.0 Å².